The van der Waals surface area contributed by atoms with Gasteiger partial charge in [0.15, 0.2) is 12.3 Å². The molecule has 0 saturated carbocycles. The number of carbonyl (C=O) groups excluding carboxylic acids is 3. The Morgan fingerprint density at radius 3 is 2.36 bits per heavy atom. The fraction of sp³-hybridized carbons (Fsp3) is 0.600. The fourth-order valence-electron chi connectivity index (χ4n) is 2.73. The van der Waals surface area contributed by atoms with Crippen molar-refractivity contribution in [2.45, 2.75) is 51.5 Å². The van der Waals surface area contributed by atoms with Crippen molar-refractivity contribution < 1.29 is 42.6 Å². The minimum atomic E-state index is -2.05. The molecule has 1 aromatic heterocycles. The molecule has 0 aromatic carbocycles. The van der Waals surface area contributed by atoms with E-state index in [1.54, 1.807) is 0 Å². The van der Waals surface area contributed by atoms with Crippen LogP contribution in [0.1, 0.15) is 27.0 Å². The third-order valence-electron chi connectivity index (χ3n) is 3.73. The van der Waals surface area contributed by atoms with Gasteiger partial charge in [-0.2, -0.15) is 4.57 Å². The topological polar surface area (TPSA) is 149 Å². The molecule has 1 aliphatic rings. The number of rotatable bonds is 6. The average Bonchev–Trinajstić information content (AvgIpc) is 3.06. The third kappa shape index (κ3) is 4.79. The summed E-state index contributed by atoms with van der Waals surface area (Å²) < 4.78 is 36.1. The fourth-order valence-corrected chi connectivity index (χ4v) is 2.73. The smallest absolute Gasteiger partial charge is 0.436 e. The Morgan fingerprint density at radius 2 is 1.82 bits per heavy atom. The quantitative estimate of drug-likeness (QED) is 0.284. The van der Waals surface area contributed by atoms with Gasteiger partial charge in [-0.25, -0.2) is 4.39 Å². The van der Waals surface area contributed by atoms with E-state index in [1.807, 2.05) is 0 Å². The van der Waals surface area contributed by atoms with Crippen molar-refractivity contribution >= 4 is 23.9 Å². The lowest BCUT2D eigenvalue weighted by Crippen LogP contribution is -2.57. The number of nitrogens with zero attached hydrogens (tertiary/aromatic N) is 3. The molecule has 2 rings (SSSR count). The highest BCUT2D eigenvalue weighted by molar-refractivity contribution is 5.67. The summed E-state index contributed by atoms with van der Waals surface area (Å²) in [7, 11) is 0. The molecule has 154 valence electrons. The van der Waals surface area contributed by atoms with Crippen LogP contribution in [0.4, 0.5) is 10.3 Å². The summed E-state index contributed by atoms with van der Waals surface area (Å²) >= 11 is 0. The lowest BCUT2D eigenvalue weighted by Gasteiger charge is -2.41. The van der Waals surface area contributed by atoms with Crippen LogP contribution in [0.3, 0.4) is 0 Å². The summed E-state index contributed by atoms with van der Waals surface area (Å²) in [5.74, 6) is -3.12. The summed E-state index contributed by atoms with van der Waals surface area (Å²) in [6, 6.07) is 0. The van der Waals surface area contributed by atoms with Crippen molar-refractivity contribution in [3.63, 3.8) is 0 Å². The monoisotopic (exact) mass is 402 g/mol. The number of hydrogen-bond acceptors (Lipinski definition) is 10. The summed E-state index contributed by atoms with van der Waals surface area (Å²) in [5.41, 5.74) is 0. The molecule has 1 aromatic rings. The molecule has 1 fully saturated rings. The van der Waals surface area contributed by atoms with Crippen molar-refractivity contribution in [2.75, 3.05) is 6.61 Å². The summed E-state index contributed by atoms with van der Waals surface area (Å²) in [6.07, 6.45) is -5.94. The van der Waals surface area contributed by atoms with Gasteiger partial charge in [-0.1, -0.05) is 4.98 Å². The maximum absolute atomic E-state index is 15.0. The number of carbonyl (C=O) groups is 3. The first-order valence-electron chi connectivity index (χ1n) is 8.06. The number of alkyl halides is 1. The van der Waals surface area contributed by atoms with E-state index in [2.05, 4.69) is 4.98 Å². The Bertz CT molecular complexity index is 768. The van der Waals surface area contributed by atoms with E-state index >= 15 is 0 Å². The van der Waals surface area contributed by atoms with Crippen LogP contribution in [0.5, 0.6) is 0 Å². The van der Waals surface area contributed by atoms with Crippen molar-refractivity contribution in [2.24, 2.45) is 0 Å². The Hall–Kier alpha value is -3.09. The first kappa shape index (κ1) is 21.2. The SMILES string of the molecule is CC(=O)OC[C@H]1O[C@@H](n2ccnc2[N+](=O)[O-])[C@H](OC(C)=O)[C@@H](OC(C)=O)[C@@H]1[18F]. The van der Waals surface area contributed by atoms with Gasteiger partial charge >= 0.3 is 23.9 Å². The van der Waals surface area contributed by atoms with E-state index in [0.717, 1.165) is 37.7 Å². The zero-order valence-electron chi connectivity index (χ0n) is 15.1. The summed E-state index contributed by atoms with van der Waals surface area (Å²) in [6.45, 7) is 2.59. The van der Waals surface area contributed by atoms with E-state index in [-0.39, 0.29) is 0 Å². The molecule has 1 aliphatic heterocycles. The van der Waals surface area contributed by atoms with Crippen molar-refractivity contribution in [3.05, 3.63) is 22.5 Å². The lowest BCUT2D eigenvalue weighted by atomic mass is 9.98. The minimum Gasteiger partial charge on any atom is -0.463 e. The maximum atomic E-state index is 15.0. The van der Waals surface area contributed by atoms with Crippen LogP contribution in [0.15, 0.2) is 12.4 Å². The summed E-state index contributed by atoms with van der Waals surface area (Å²) in [4.78, 5) is 48.0. The molecule has 12 nitrogen and oxygen atoms in total. The molecular formula is C15H18FN3O9. The highest BCUT2D eigenvalue weighted by atomic mass is 18.2. The van der Waals surface area contributed by atoms with Gasteiger partial charge in [0.1, 0.15) is 25.1 Å². The van der Waals surface area contributed by atoms with Crippen LogP contribution >= 0.6 is 0 Å². The molecule has 1 saturated heterocycles. The lowest BCUT2D eigenvalue weighted by molar-refractivity contribution is -0.400. The number of esters is 3. The molecule has 0 bridgehead atoms. The van der Waals surface area contributed by atoms with Crippen LogP contribution in [0, 0.1) is 10.1 Å². The van der Waals surface area contributed by atoms with Crippen LogP contribution in [0.25, 0.3) is 0 Å². The number of ether oxygens (including phenoxy) is 4. The molecule has 0 unspecified atom stereocenters. The molecule has 0 spiro atoms. The molecule has 28 heavy (non-hydrogen) atoms. The highest BCUT2D eigenvalue weighted by Crippen LogP contribution is 2.36. The van der Waals surface area contributed by atoms with E-state index in [4.69, 9.17) is 18.9 Å². The standard InChI is InChI=1S/C15H18FN3O9/c1-7(20)25-6-10-11(16)12(26-8(2)21)13(27-9(3)22)14(28-10)18-5-4-17-15(18)19(23)24/h4-5,10-14H,6H2,1-3H3/t10-,11-,12+,13-,14-/m1/s1/i16-1. The molecule has 2 heterocycles. The Morgan fingerprint density at radius 1 is 1.21 bits per heavy atom. The molecule has 0 radical (unpaired) electrons. The van der Waals surface area contributed by atoms with Crippen molar-refractivity contribution in [1.82, 2.24) is 9.55 Å². The molecule has 5 atom stereocenters. The zero-order chi connectivity index (χ0) is 21.0. The van der Waals surface area contributed by atoms with Gasteiger partial charge < -0.3 is 29.1 Å². The second-order valence-electron chi connectivity index (χ2n) is 5.85. The molecular weight excluding hydrogens is 384 g/mol. The van der Waals surface area contributed by atoms with Crippen LogP contribution in [-0.4, -0.2) is 63.5 Å². The van der Waals surface area contributed by atoms with Gasteiger partial charge in [-0.15, -0.1) is 0 Å². The number of nitro groups is 1. The predicted molar refractivity (Wildman–Crippen MR) is 85.4 cm³/mol. The van der Waals surface area contributed by atoms with E-state index in [0.29, 0.717) is 0 Å². The van der Waals surface area contributed by atoms with Gasteiger partial charge in [0.2, 0.25) is 12.3 Å². The summed E-state index contributed by atoms with van der Waals surface area (Å²) in [5, 5.41) is 11.2. The zero-order valence-corrected chi connectivity index (χ0v) is 15.1. The minimum absolute atomic E-state index is 0.556. The Labute approximate surface area is 157 Å². The van der Waals surface area contributed by atoms with Gasteiger partial charge in [0.05, 0.1) is 0 Å². The molecule has 13 heteroatoms. The van der Waals surface area contributed by atoms with E-state index < -0.39 is 66.1 Å². The number of hydrogen-bond donors (Lipinski definition) is 0. The second kappa shape index (κ2) is 8.73. The number of imidazole rings is 1. The molecule has 0 N–H and O–H groups in total. The Kier molecular flexibility index (Phi) is 6.62. The van der Waals surface area contributed by atoms with Gasteiger partial charge in [0.25, 0.3) is 0 Å². The van der Waals surface area contributed by atoms with Gasteiger partial charge in [-0.3, -0.25) is 14.4 Å². The second-order valence-corrected chi connectivity index (χ2v) is 5.85. The van der Waals surface area contributed by atoms with Gasteiger partial charge in [0, 0.05) is 20.8 Å². The largest absolute Gasteiger partial charge is 0.463 e. The van der Waals surface area contributed by atoms with Crippen molar-refractivity contribution in [1.29, 1.82) is 0 Å². The van der Waals surface area contributed by atoms with Gasteiger partial charge in [-0.05, 0) is 4.92 Å². The first-order chi connectivity index (χ1) is 13.1. The number of halogens is 1. The maximum Gasteiger partial charge on any atom is 0.436 e. The van der Waals surface area contributed by atoms with Crippen LogP contribution < -0.4 is 0 Å². The van der Waals surface area contributed by atoms with Crippen molar-refractivity contribution in [3.8, 4) is 0 Å². The van der Waals surface area contributed by atoms with E-state index in [9.17, 15) is 28.9 Å². The van der Waals surface area contributed by atoms with Crippen LogP contribution in [-0.2, 0) is 33.3 Å². The van der Waals surface area contributed by atoms with E-state index in [1.165, 1.54) is 0 Å². The molecule has 0 aliphatic carbocycles. The number of aromatic nitrogens is 2. The Balaban J connectivity index is 2.47. The van der Waals surface area contributed by atoms with Crippen LogP contribution in [0.2, 0.25) is 0 Å². The predicted octanol–water partition coefficient (Wildman–Crippen LogP) is 0.453. The highest BCUT2D eigenvalue weighted by Gasteiger charge is 2.53. The normalized spacial score (nSPS) is 26.9. The first-order valence-corrected chi connectivity index (χ1v) is 8.06. The third-order valence-corrected chi connectivity index (χ3v) is 3.73. The molecule has 0 amide bonds. The average molecular weight is 402 g/mol.